The first-order valence-corrected chi connectivity index (χ1v) is 6.35. The summed E-state index contributed by atoms with van der Waals surface area (Å²) in [5.41, 5.74) is 2.42. The van der Waals surface area contributed by atoms with Gasteiger partial charge in [-0.3, -0.25) is 14.6 Å². The molecule has 2 aromatic rings. The highest BCUT2D eigenvalue weighted by atomic mass is 16.5. The third-order valence-corrected chi connectivity index (χ3v) is 2.91. The van der Waals surface area contributed by atoms with Gasteiger partial charge in [-0.2, -0.15) is 5.10 Å². The van der Waals surface area contributed by atoms with Crippen molar-refractivity contribution in [3.63, 3.8) is 0 Å². The van der Waals surface area contributed by atoms with E-state index < -0.39 is 0 Å². The Bertz CT molecular complexity index is 483. The molecular weight excluding hydrogens is 240 g/mol. The van der Waals surface area contributed by atoms with E-state index in [1.807, 2.05) is 36.4 Å². The van der Waals surface area contributed by atoms with E-state index in [0.717, 1.165) is 26.2 Å². The van der Waals surface area contributed by atoms with Gasteiger partial charge in [0.05, 0.1) is 12.8 Å². The van der Waals surface area contributed by atoms with Crippen molar-refractivity contribution >= 4 is 0 Å². The van der Waals surface area contributed by atoms with Gasteiger partial charge in [0, 0.05) is 57.9 Å². The number of hydrogen-bond acceptors (Lipinski definition) is 4. The van der Waals surface area contributed by atoms with Crippen LogP contribution >= 0.6 is 0 Å². The van der Waals surface area contributed by atoms with Crippen molar-refractivity contribution in [3.05, 3.63) is 48.0 Å². The number of aryl methyl sites for hydroxylation is 1. The number of rotatable bonds is 7. The van der Waals surface area contributed by atoms with Crippen LogP contribution in [0.4, 0.5) is 0 Å². The van der Waals surface area contributed by atoms with Crippen molar-refractivity contribution in [2.75, 3.05) is 20.3 Å². The average molecular weight is 260 g/mol. The molecular formula is C14H20N4O. The van der Waals surface area contributed by atoms with Gasteiger partial charge in [0.15, 0.2) is 0 Å². The van der Waals surface area contributed by atoms with E-state index in [0.29, 0.717) is 0 Å². The SMILES string of the molecule is COCCN(Cc1cccnc1)Cc1cnn(C)c1. The standard InChI is InChI=1S/C14H20N4O/c1-17-10-14(9-16-17)12-18(6-7-19-2)11-13-4-3-5-15-8-13/h3-5,8-10H,6-7,11-12H2,1-2H3. The Morgan fingerprint density at radius 3 is 2.74 bits per heavy atom. The first kappa shape index (κ1) is 13.7. The van der Waals surface area contributed by atoms with Crippen LogP contribution in [0, 0.1) is 0 Å². The van der Waals surface area contributed by atoms with Gasteiger partial charge in [0.25, 0.3) is 0 Å². The molecule has 0 fully saturated rings. The molecule has 2 rings (SSSR count). The summed E-state index contributed by atoms with van der Waals surface area (Å²) in [6.07, 6.45) is 7.65. The lowest BCUT2D eigenvalue weighted by molar-refractivity contribution is 0.140. The fourth-order valence-electron chi connectivity index (χ4n) is 2.00. The lowest BCUT2D eigenvalue weighted by atomic mass is 10.2. The van der Waals surface area contributed by atoms with Crippen LogP contribution in [-0.4, -0.2) is 39.9 Å². The normalized spacial score (nSPS) is 11.1. The molecule has 0 saturated carbocycles. The highest BCUT2D eigenvalue weighted by molar-refractivity contribution is 5.09. The third kappa shape index (κ3) is 4.46. The van der Waals surface area contributed by atoms with Crippen molar-refractivity contribution in [2.45, 2.75) is 13.1 Å². The van der Waals surface area contributed by atoms with Crippen molar-refractivity contribution in [2.24, 2.45) is 7.05 Å². The van der Waals surface area contributed by atoms with Crippen molar-refractivity contribution in [1.29, 1.82) is 0 Å². The lowest BCUT2D eigenvalue weighted by Gasteiger charge is -2.21. The number of methoxy groups -OCH3 is 1. The smallest absolute Gasteiger partial charge is 0.0589 e. The van der Waals surface area contributed by atoms with Crippen molar-refractivity contribution in [1.82, 2.24) is 19.7 Å². The van der Waals surface area contributed by atoms with Gasteiger partial charge in [-0.15, -0.1) is 0 Å². The largest absolute Gasteiger partial charge is 0.383 e. The molecule has 2 aromatic heterocycles. The van der Waals surface area contributed by atoms with Crippen LogP contribution < -0.4 is 0 Å². The minimum atomic E-state index is 0.723. The minimum absolute atomic E-state index is 0.723. The van der Waals surface area contributed by atoms with Gasteiger partial charge in [-0.1, -0.05) is 6.07 Å². The zero-order valence-electron chi connectivity index (χ0n) is 11.5. The topological polar surface area (TPSA) is 43.2 Å². The summed E-state index contributed by atoms with van der Waals surface area (Å²) in [6.45, 7) is 3.35. The highest BCUT2D eigenvalue weighted by Gasteiger charge is 2.08. The second-order valence-electron chi connectivity index (χ2n) is 4.59. The molecule has 0 spiro atoms. The predicted molar refractivity (Wildman–Crippen MR) is 73.4 cm³/mol. The Morgan fingerprint density at radius 2 is 2.11 bits per heavy atom. The number of nitrogens with zero attached hydrogens (tertiary/aromatic N) is 4. The first-order chi connectivity index (χ1) is 9.28. The number of pyridine rings is 1. The monoisotopic (exact) mass is 260 g/mol. The molecule has 2 heterocycles. The Kier molecular flexibility index (Phi) is 5.06. The van der Waals surface area contributed by atoms with E-state index in [9.17, 15) is 0 Å². The molecule has 5 nitrogen and oxygen atoms in total. The quantitative estimate of drug-likeness (QED) is 0.756. The molecule has 0 saturated heterocycles. The zero-order chi connectivity index (χ0) is 13.5. The van der Waals surface area contributed by atoms with Gasteiger partial charge < -0.3 is 4.74 Å². The van der Waals surface area contributed by atoms with E-state index in [-0.39, 0.29) is 0 Å². The summed E-state index contributed by atoms with van der Waals surface area (Å²) < 4.78 is 7.00. The fourth-order valence-corrected chi connectivity index (χ4v) is 2.00. The fraction of sp³-hybridized carbons (Fsp3) is 0.429. The Hall–Kier alpha value is -1.72. The molecule has 0 aromatic carbocycles. The molecule has 0 atom stereocenters. The second-order valence-corrected chi connectivity index (χ2v) is 4.59. The molecule has 0 aliphatic carbocycles. The summed E-state index contributed by atoms with van der Waals surface area (Å²) >= 11 is 0. The van der Waals surface area contributed by atoms with Crippen LogP contribution in [0.5, 0.6) is 0 Å². The molecule has 0 aliphatic heterocycles. The third-order valence-electron chi connectivity index (χ3n) is 2.91. The van der Waals surface area contributed by atoms with E-state index in [4.69, 9.17) is 4.74 Å². The van der Waals surface area contributed by atoms with Crippen LogP contribution in [0.25, 0.3) is 0 Å². The Labute approximate surface area is 113 Å². The summed E-state index contributed by atoms with van der Waals surface area (Å²) in [6, 6.07) is 4.06. The zero-order valence-corrected chi connectivity index (χ0v) is 11.5. The van der Waals surface area contributed by atoms with Crippen LogP contribution in [-0.2, 0) is 24.9 Å². The van der Waals surface area contributed by atoms with Crippen LogP contribution in [0.1, 0.15) is 11.1 Å². The molecule has 0 amide bonds. The van der Waals surface area contributed by atoms with Crippen LogP contribution in [0.3, 0.4) is 0 Å². The van der Waals surface area contributed by atoms with E-state index in [1.165, 1.54) is 11.1 Å². The lowest BCUT2D eigenvalue weighted by Crippen LogP contribution is -2.26. The average Bonchev–Trinajstić information content (AvgIpc) is 2.82. The highest BCUT2D eigenvalue weighted by Crippen LogP contribution is 2.08. The van der Waals surface area contributed by atoms with E-state index in [1.54, 1.807) is 13.3 Å². The summed E-state index contributed by atoms with van der Waals surface area (Å²) in [5.74, 6) is 0. The van der Waals surface area contributed by atoms with E-state index in [2.05, 4.69) is 21.0 Å². The Balaban J connectivity index is 1.99. The van der Waals surface area contributed by atoms with Gasteiger partial charge in [-0.05, 0) is 11.6 Å². The Morgan fingerprint density at radius 1 is 1.26 bits per heavy atom. The predicted octanol–water partition coefficient (Wildman–Crippen LogP) is 1.46. The second kappa shape index (κ2) is 7.01. The van der Waals surface area contributed by atoms with Crippen LogP contribution in [0.2, 0.25) is 0 Å². The number of aromatic nitrogens is 3. The van der Waals surface area contributed by atoms with Crippen molar-refractivity contribution < 1.29 is 4.74 Å². The van der Waals surface area contributed by atoms with Gasteiger partial charge in [0.1, 0.15) is 0 Å². The molecule has 0 aliphatic rings. The molecule has 102 valence electrons. The maximum absolute atomic E-state index is 5.17. The molecule has 5 heteroatoms. The van der Waals surface area contributed by atoms with Crippen LogP contribution in [0.15, 0.2) is 36.9 Å². The molecule has 0 radical (unpaired) electrons. The molecule has 0 N–H and O–H groups in total. The maximum Gasteiger partial charge on any atom is 0.0589 e. The summed E-state index contributed by atoms with van der Waals surface area (Å²) in [7, 11) is 3.66. The summed E-state index contributed by atoms with van der Waals surface area (Å²) in [5, 5.41) is 4.20. The number of hydrogen-bond donors (Lipinski definition) is 0. The molecule has 0 unspecified atom stereocenters. The minimum Gasteiger partial charge on any atom is -0.383 e. The molecule has 0 bridgehead atoms. The first-order valence-electron chi connectivity index (χ1n) is 6.35. The summed E-state index contributed by atoms with van der Waals surface area (Å²) in [4.78, 5) is 6.49. The van der Waals surface area contributed by atoms with Crippen molar-refractivity contribution in [3.8, 4) is 0 Å². The van der Waals surface area contributed by atoms with Gasteiger partial charge >= 0.3 is 0 Å². The molecule has 19 heavy (non-hydrogen) atoms. The van der Waals surface area contributed by atoms with Gasteiger partial charge in [0.2, 0.25) is 0 Å². The van der Waals surface area contributed by atoms with E-state index >= 15 is 0 Å². The number of ether oxygens (including phenoxy) is 1. The van der Waals surface area contributed by atoms with Gasteiger partial charge in [-0.25, -0.2) is 0 Å². The maximum atomic E-state index is 5.17.